The van der Waals surface area contributed by atoms with Crippen molar-refractivity contribution in [2.45, 2.75) is 276 Å². The second-order valence-electron chi connectivity index (χ2n) is 17.0. The zero-order chi connectivity index (χ0) is 40.8. The first-order valence-corrected chi connectivity index (χ1v) is 24.8. The summed E-state index contributed by atoms with van der Waals surface area (Å²) >= 11 is 0. The average molecular weight is 788 g/mol. The highest BCUT2D eigenvalue weighted by Gasteiger charge is 2.22. The van der Waals surface area contributed by atoms with E-state index < -0.39 is 24.2 Å². The lowest BCUT2D eigenvalue weighted by molar-refractivity contribution is -0.131. The topological polar surface area (TPSA) is 89.8 Å². The summed E-state index contributed by atoms with van der Waals surface area (Å²) < 4.78 is 0. The van der Waals surface area contributed by atoms with Crippen LogP contribution in [-0.2, 0) is 4.79 Å². The van der Waals surface area contributed by atoms with Crippen LogP contribution in [0.4, 0.5) is 0 Å². The molecule has 0 bridgehead atoms. The highest BCUT2D eigenvalue weighted by atomic mass is 16.3. The Kier molecular flexibility index (Phi) is 45.1. The van der Waals surface area contributed by atoms with Gasteiger partial charge in [0.1, 0.15) is 6.10 Å². The van der Waals surface area contributed by atoms with Crippen LogP contribution in [0.25, 0.3) is 0 Å². The smallest absolute Gasteiger partial charge is 0.249 e. The van der Waals surface area contributed by atoms with E-state index in [1.807, 2.05) is 6.08 Å². The van der Waals surface area contributed by atoms with Crippen LogP contribution in [0.1, 0.15) is 258 Å². The van der Waals surface area contributed by atoms with Gasteiger partial charge in [-0.15, -0.1) is 0 Å². The lowest BCUT2D eigenvalue weighted by Crippen LogP contribution is -2.48. The van der Waals surface area contributed by atoms with Crippen molar-refractivity contribution in [3.05, 3.63) is 36.5 Å². The number of carbonyl (C=O) groups excluding carboxylic acids is 1. The largest absolute Gasteiger partial charge is 0.394 e. The van der Waals surface area contributed by atoms with E-state index in [0.717, 1.165) is 38.5 Å². The van der Waals surface area contributed by atoms with Gasteiger partial charge in [0.25, 0.3) is 0 Å². The number of amides is 1. The summed E-state index contributed by atoms with van der Waals surface area (Å²) in [5, 5.41) is 33.1. The standard InChI is InChI=1S/C51H97NO4/c1-3-5-7-9-11-13-15-16-17-18-19-20-21-22-23-24-25-26-27-28-29-30-31-32-33-34-35-36-38-40-42-44-46-50(55)51(56)52-48(47-53)49(54)45-43-41-39-37-14-12-10-8-6-4-2/h19-20,22-23,43,45,48-50,53-55H,3-18,21,24-42,44,46-47H2,1-2H3,(H,52,56)/b20-19-,23-22-,45-43+. The van der Waals surface area contributed by atoms with Crippen LogP contribution in [0.3, 0.4) is 0 Å². The Morgan fingerprint density at radius 1 is 0.446 bits per heavy atom. The maximum atomic E-state index is 12.4. The number of hydrogen-bond donors (Lipinski definition) is 4. The molecule has 0 spiro atoms. The predicted octanol–water partition coefficient (Wildman–Crippen LogP) is 14.7. The summed E-state index contributed by atoms with van der Waals surface area (Å²) in [5.41, 5.74) is 0. The van der Waals surface area contributed by atoms with Crippen LogP contribution in [0.5, 0.6) is 0 Å². The molecule has 3 unspecified atom stereocenters. The molecule has 5 nitrogen and oxygen atoms in total. The Morgan fingerprint density at radius 2 is 0.768 bits per heavy atom. The van der Waals surface area contributed by atoms with Crippen molar-refractivity contribution in [3.8, 4) is 0 Å². The molecule has 0 radical (unpaired) electrons. The van der Waals surface area contributed by atoms with Gasteiger partial charge < -0.3 is 20.6 Å². The molecule has 0 saturated heterocycles. The Balaban J connectivity index is 3.51. The molecule has 0 fully saturated rings. The van der Waals surface area contributed by atoms with E-state index in [-0.39, 0.29) is 6.61 Å². The summed E-state index contributed by atoms with van der Waals surface area (Å²) in [7, 11) is 0. The Morgan fingerprint density at radius 3 is 1.12 bits per heavy atom. The highest BCUT2D eigenvalue weighted by molar-refractivity contribution is 5.80. The number of aliphatic hydroxyl groups is 3. The molecule has 3 atom stereocenters. The van der Waals surface area contributed by atoms with E-state index in [1.165, 1.54) is 199 Å². The monoisotopic (exact) mass is 788 g/mol. The number of nitrogens with one attached hydrogen (secondary N) is 1. The number of hydrogen-bond acceptors (Lipinski definition) is 4. The Hall–Kier alpha value is -1.43. The van der Waals surface area contributed by atoms with Crippen LogP contribution in [-0.4, -0.2) is 46.1 Å². The van der Waals surface area contributed by atoms with Crippen molar-refractivity contribution in [2.75, 3.05) is 6.61 Å². The molecule has 0 aromatic rings. The zero-order valence-corrected chi connectivity index (χ0v) is 37.5. The molecule has 0 rings (SSSR count). The maximum Gasteiger partial charge on any atom is 0.249 e. The van der Waals surface area contributed by atoms with E-state index in [0.29, 0.717) is 6.42 Å². The van der Waals surface area contributed by atoms with Crippen LogP contribution in [0.2, 0.25) is 0 Å². The first-order valence-electron chi connectivity index (χ1n) is 24.8. The number of aliphatic hydroxyl groups excluding tert-OH is 3. The fourth-order valence-electron chi connectivity index (χ4n) is 7.57. The van der Waals surface area contributed by atoms with Gasteiger partial charge in [-0.25, -0.2) is 0 Å². The average Bonchev–Trinajstić information content (AvgIpc) is 3.20. The summed E-state index contributed by atoms with van der Waals surface area (Å²) in [6, 6.07) is -0.795. The Bertz CT molecular complexity index is 870. The van der Waals surface area contributed by atoms with E-state index in [9.17, 15) is 20.1 Å². The second-order valence-corrected chi connectivity index (χ2v) is 17.0. The third-order valence-electron chi connectivity index (χ3n) is 11.5. The first-order chi connectivity index (χ1) is 27.6. The lowest BCUT2D eigenvalue weighted by Gasteiger charge is -2.21. The summed E-state index contributed by atoms with van der Waals surface area (Å²) in [5.74, 6) is -0.504. The van der Waals surface area contributed by atoms with Crippen molar-refractivity contribution in [2.24, 2.45) is 0 Å². The van der Waals surface area contributed by atoms with Crippen molar-refractivity contribution < 1.29 is 20.1 Å². The third-order valence-corrected chi connectivity index (χ3v) is 11.5. The number of carbonyl (C=O) groups is 1. The summed E-state index contributed by atoms with van der Waals surface area (Å²) in [4.78, 5) is 12.4. The second kappa shape index (κ2) is 46.3. The maximum absolute atomic E-state index is 12.4. The Labute approximate surface area is 349 Å². The van der Waals surface area contributed by atoms with Crippen LogP contribution in [0, 0.1) is 0 Å². The summed E-state index contributed by atoms with van der Waals surface area (Å²) in [6.07, 6.45) is 59.3. The minimum absolute atomic E-state index is 0.363. The van der Waals surface area contributed by atoms with Gasteiger partial charge in [-0.2, -0.15) is 0 Å². The third kappa shape index (κ3) is 40.8. The van der Waals surface area contributed by atoms with Crippen LogP contribution < -0.4 is 5.32 Å². The van der Waals surface area contributed by atoms with Gasteiger partial charge in [-0.3, -0.25) is 4.79 Å². The molecule has 330 valence electrons. The molecule has 1 amide bonds. The van der Waals surface area contributed by atoms with E-state index in [4.69, 9.17) is 0 Å². The lowest BCUT2D eigenvalue weighted by atomic mass is 10.0. The number of unbranched alkanes of at least 4 members (excludes halogenated alkanes) is 33. The molecule has 5 heteroatoms. The van der Waals surface area contributed by atoms with Gasteiger partial charge in [0, 0.05) is 0 Å². The number of rotatable bonds is 45. The van der Waals surface area contributed by atoms with Crippen molar-refractivity contribution in [3.63, 3.8) is 0 Å². The van der Waals surface area contributed by atoms with Gasteiger partial charge in [0.05, 0.1) is 18.8 Å². The van der Waals surface area contributed by atoms with Crippen LogP contribution in [0.15, 0.2) is 36.5 Å². The molecule has 0 aliphatic heterocycles. The summed E-state index contributed by atoms with van der Waals surface area (Å²) in [6.45, 7) is 4.16. The SMILES string of the molecule is CCCCCCCCCC/C=C/C(O)C(CO)NC(=O)C(O)CCCCCCCCCCCCCCCCCC/C=C\C/C=C\CCCCCCCCCCC. The van der Waals surface area contributed by atoms with Crippen molar-refractivity contribution in [1.29, 1.82) is 0 Å². The van der Waals surface area contributed by atoms with Gasteiger partial charge in [0.2, 0.25) is 5.91 Å². The minimum atomic E-state index is -1.10. The molecule has 0 saturated carbocycles. The first kappa shape index (κ1) is 54.6. The normalized spacial score (nSPS) is 13.7. The van der Waals surface area contributed by atoms with E-state index in [1.54, 1.807) is 6.08 Å². The zero-order valence-electron chi connectivity index (χ0n) is 37.5. The van der Waals surface area contributed by atoms with E-state index in [2.05, 4.69) is 43.5 Å². The van der Waals surface area contributed by atoms with Crippen molar-refractivity contribution >= 4 is 5.91 Å². The van der Waals surface area contributed by atoms with Gasteiger partial charge in [0.15, 0.2) is 0 Å². The molecule has 0 aliphatic carbocycles. The molecule has 4 N–H and O–H groups in total. The van der Waals surface area contributed by atoms with Crippen LogP contribution >= 0.6 is 0 Å². The predicted molar refractivity (Wildman–Crippen MR) is 245 cm³/mol. The quantitative estimate of drug-likeness (QED) is 0.0365. The van der Waals surface area contributed by atoms with Crippen molar-refractivity contribution in [1.82, 2.24) is 5.32 Å². The highest BCUT2D eigenvalue weighted by Crippen LogP contribution is 2.16. The van der Waals surface area contributed by atoms with Gasteiger partial charge >= 0.3 is 0 Å². The molecule has 0 heterocycles. The van der Waals surface area contributed by atoms with Gasteiger partial charge in [-0.05, 0) is 51.4 Å². The molecule has 56 heavy (non-hydrogen) atoms. The van der Waals surface area contributed by atoms with E-state index >= 15 is 0 Å². The molecular formula is C51H97NO4. The minimum Gasteiger partial charge on any atom is -0.394 e. The molecular weight excluding hydrogens is 691 g/mol. The molecule has 0 aromatic heterocycles. The fraction of sp³-hybridized carbons (Fsp3) is 0.863. The fourth-order valence-corrected chi connectivity index (χ4v) is 7.57. The number of allylic oxidation sites excluding steroid dienone is 5. The van der Waals surface area contributed by atoms with Gasteiger partial charge in [-0.1, -0.05) is 243 Å². The molecule has 0 aromatic carbocycles. The molecule has 0 aliphatic rings.